The molecule has 3 aromatic rings. The lowest BCUT2D eigenvalue weighted by Gasteiger charge is -2.21. The molecule has 32 heavy (non-hydrogen) atoms. The van der Waals surface area contributed by atoms with Gasteiger partial charge in [-0.3, -0.25) is 4.79 Å². The number of nitrogens with one attached hydrogen (secondary N) is 1. The second-order valence-electron chi connectivity index (χ2n) is 6.75. The number of ether oxygens (including phenoxy) is 1. The van der Waals surface area contributed by atoms with Gasteiger partial charge in [0.2, 0.25) is 0 Å². The third-order valence-corrected chi connectivity index (χ3v) is 4.36. The molecule has 0 unspecified atom stereocenters. The van der Waals surface area contributed by atoms with Crippen molar-refractivity contribution in [3.8, 4) is 16.9 Å². The van der Waals surface area contributed by atoms with E-state index in [4.69, 9.17) is 5.11 Å². The first-order chi connectivity index (χ1) is 15.3. The number of halogens is 3. The van der Waals surface area contributed by atoms with Crippen molar-refractivity contribution in [2.45, 2.75) is 12.8 Å². The van der Waals surface area contributed by atoms with Gasteiger partial charge in [0.15, 0.2) is 0 Å². The van der Waals surface area contributed by atoms with Crippen molar-refractivity contribution in [2.75, 3.05) is 30.4 Å². The van der Waals surface area contributed by atoms with Crippen LogP contribution in [0.5, 0.6) is 5.75 Å². The summed E-state index contributed by atoms with van der Waals surface area (Å²) >= 11 is 0. The summed E-state index contributed by atoms with van der Waals surface area (Å²) in [4.78, 5) is 27.0. The van der Waals surface area contributed by atoms with E-state index < -0.39 is 18.0 Å². The maximum atomic E-state index is 12.7. The fraction of sp³-hybridized carbons (Fsp3) is 0.238. The molecule has 0 spiro atoms. The normalized spacial score (nSPS) is 11.2. The van der Waals surface area contributed by atoms with E-state index in [-0.39, 0.29) is 12.2 Å². The second kappa shape index (κ2) is 10.1. The molecule has 8 nitrogen and oxygen atoms in total. The molecule has 0 aliphatic heterocycles. The third-order valence-electron chi connectivity index (χ3n) is 4.36. The monoisotopic (exact) mass is 447 g/mol. The number of pyridine rings is 1. The smallest absolute Gasteiger partial charge is 0.406 e. The van der Waals surface area contributed by atoms with E-state index in [1.165, 1.54) is 24.7 Å². The number of rotatable bonds is 8. The standard InChI is InChI=1S/C21H20F3N5O3/c1-29(7-2-8-30)19-18(15-10-25-13-26-11-15)9-14(12-27-19)20(31)28-16-3-5-17(6-4-16)32-21(22,23)24/h3-6,9-13,30H,2,7-8H2,1H3,(H,28,31). The lowest BCUT2D eigenvalue weighted by atomic mass is 10.1. The van der Waals surface area contributed by atoms with Crippen LogP contribution in [-0.4, -0.2) is 52.5 Å². The van der Waals surface area contributed by atoms with Crippen LogP contribution in [0.3, 0.4) is 0 Å². The SMILES string of the molecule is CN(CCCO)c1ncc(C(=O)Nc2ccc(OC(F)(F)F)cc2)cc1-c1cncnc1. The summed E-state index contributed by atoms with van der Waals surface area (Å²) in [5.74, 6) is -0.304. The van der Waals surface area contributed by atoms with Gasteiger partial charge >= 0.3 is 6.36 Å². The number of nitrogens with zero attached hydrogens (tertiary/aromatic N) is 4. The first-order valence-electron chi connectivity index (χ1n) is 9.51. The Bertz CT molecular complexity index is 1050. The summed E-state index contributed by atoms with van der Waals surface area (Å²) in [6, 6.07) is 6.44. The van der Waals surface area contributed by atoms with Crippen LogP contribution >= 0.6 is 0 Å². The number of hydrogen-bond donors (Lipinski definition) is 2. The predicted molar refractivity (Wildman–Crippen MR) is 111 cm³/mol. The predicted octanol–water partition coefficient (Wildman–Crippen LogP) is 3.51. The summed E-state index contributed by atoms with van der Waals surface area (Å²) in [5, 5.41) is 11.7. The number of benzene rings is 1. The van der Waals surface area contributed by atoms with Crippen LogP contribution < -0.4 is 15.0 Å². The van der Waals surface area contributed by atoms with Crippen molar-refractivity contribution in [3.63, 3.8) is 0 Å². The Morgan fingerprint density at radius 2 is 1.84 bits per heavy atom. The van der Waals surface area contributed by atoms with Crippen LogP contribution in [0.2, 0.25) is 0 Å². The summed E-state index contributed by atoms with van der Waals surface area (Å²) < 4.78 is 40.7. The summed E-state index contributed by atoms with van der Waals surface area (Å²) in [6.07, 6.45) is 1.71. The number of carbonyl (C=O) groups is 1. The second-order valence-corrected chi connectivity index (χ2v) is 6.75. The minimum Gasteiger partial charge on any atom is -0.406 e. The Labute approximate surface area is 181 Å². The van der Waals surface area contributed by atoms with Gasteiger partial charge in [0.25, 0.3) is 5.91 Å². The van der Waals surface area contributed by atoms with Crippen molar-refractivity contribution in [2.24, 2.45) is 0 Å². The van der Waals surface area contributed by atoms with Gasteiger partial charge in [-0.05, 0) is 36.8 Å². The average molecular weight is 447 g/mol. The molecule has 0 bridgehead atoms. The average Bonchev–Trinajstić information content (AvgIpc) is 2.78. The number of aromatic nitrogens is 3. The molecule has 3 rings (SSSR count). The number of aliphatic hydroxyl groups excluding tert-OH is 1. The Morgan fingerprint density at radius 1 is 1.16 bits per heavy atom. The molecule has 0 saturated carbocycles. The van der Waals surface area contributed by atoms with E-state index >= 15 is 0 Å². The molecule has 168 valence electrons. The van der Waals surface area contributed by atoms with Gasteiger partial charge in [-0.1, -0.05) is 0 Å². The minimum absolute atomic E-state index is 0.0292. The fourth-order valence-corrected chi connectivity index (χ4v) is 2.89. The first-order valence-corrected chi connectivity index (χ1v) is 9.51. The van der Waals surface area contributed by atoms with E-state index in [1.54, 1.807) is 18.5 Å². The molecular formula is C21H20F3N5O3. The molecule has 2 heterocycles. The minimum atomic E-state index is -4.79. The summed E-state index contributed by atoms with van der Waals surface area (Å²) in [5.41, 5.74) is 1.79. The third kappa shape index (κ3) is 6.14. The van der Waals surface area contributed by atoms with Crippen molar-refractivity contribution in [3.05, 3.63) is 60.8 Å². The molecule has 0 atom stereocenters. The van der Waals surface area contributed by atoms with Crippen LogP contribution in [-0.2, 0) is 0 Å². The zero-order chi connectivity index (χ0) is 23.1. The van der Waals surface area contributed by atoms with E-state index in [9.17, 15) is 18.0 Å². The molecule has 1 amide bonds. The van der Waals surface area contributed by atoms with Gasteiger partial charge < -0.3 is 20.1 Å². The van der Waals surface area contributed by atoms with Gasteiger partial charge in [0, 0.05) is 55.6 Å². The molecule has 0 aliphatic carbocycles. The Hall–Kier alpha value is -3.73. The van der Waals surface area contributed by atoms with Gasteiger partial charge in [0.1, 0.15) is 17.9 Å². The van der Waals surface area contributed by atoms with Crippen molar-refractivity contribution in [1.29, 1.82) is 0 Å². The number of amides is 1. The van der Waals surface area contributed by atoms with E-state index in [1.807, 2.05) is 11.9 Å². The largest absolute Gasteiger partial charge is 0.573 e. The maximum absolute atomic E-state index is 12.7. The van der Waals surface area contributed by atoms with Crippen molar-refractivity contribution < 1.29 is 27.8 Å². The molecular weight excluding hydrogens is 427 g/mol. The zero-order valence-electron chi connectivity index (χ0n) is 17.0. The molecule has 2 N–H and O–H groups in total. The quantitative estimate of drug-likeness (QED) is 0.545. The van der Waals surface area contributed by atoms with E-state index in [2.05, 4.69) is 25.0 Å². The van der Waals surface area contributed by atoms with E-state index in [0.29, 0.717) is 35.6 Å². The molecule has 0 aliphatic rings. The fourth-order valence-electron chi connectivity index (χ4n) is 2.89. The molecule has 0 radical (unpaired) electrons. The maximum Gasteiger partial charge on any atom is 0.573 e. The van der Waals surface area contributed by atoms with Crippen LogP contribution in [0.4, 0.5) is 24.7 Å². The highest BCUT2D eigenvalue weighted by Crippen LogP contribution is 2.29. The van der Waals surface area contributed by atoms with Gasteiger partial charge in [-0.15, -0.1) is 13.2 Å². The lowest BCUT2D eigenvalue weighted by molar-refractivity contribution is -0.274. The van der Waals surface area contributed by atoms with Crippen LogP contribution in [0, 0.1) is 0 Å². The van der Waals surface area contributed by atoms with Gasteiger partial charge in [-0.25, -0.2) is 15.0 Å². The first kappa shape index (κ1) is 22.9. The molecule has 11 heteroatoms. The molecule has 1 aromatic carbocycles. The molecule has 0 fully saturated rings. The van der Waals surface area contributed by atoms with Crippen LogP contribution in [0.15, 0.2) is 55.2 Å². The van der Waals surface area contributed by atoms with Crippen LogP contribution in [0.1, 0.15) is 16.8 Å². The topological polar surface area (TPSA) is 100 Å². The van der Waals surface area contributed by atoms with Crippen LogP contribution in [0.25, 0.3) is 11.1 Å². The number of hydrogen-bond acceptors (Lipinski definition) is 7. The Kier molecular flexibility index (Phi) is 7.21. The number of alkyl halides is 3. The lowest BCUT2D eigenvalue weighted by Crippen LogP contribution is -2.22. The van der Waals surface area contributed by atoms with E-state index in [0.717, 1.165) is 12.1 Å². The molecule has 0 saturated heterocycles. The van der Waals surface area contributed by atoms with Gasteiger partial charge in [0.05, 0.1) is 5.56 Å². The number of carbonyl (C=O) groups excluding carboxylic acids is 1. The van der Waals surface area contributed by atoms with Crippen molar-refractivity contribution >= 4 is 17.4 Å². The van der Waals surface area contributed by atoms with Gasteiger partial charge in [-0.2, -0.15) is 0 Å². The van der Waals surface area contributed by atoms with Crippen molar-refractivity contribution in [1.82, 2.24) is 15.0 Å². The summed E-state index contributed by atoms with van der Waals surface area (Å²) in [7, 11) is 1.82. The Morgan fingerprint density at radius 3 is 2.47 bits per heavy atom. The summed E-state index contributed by atoms with van der Waals surface area (Å²) in [6.45, 7) is 0.573. The highest BCUT2D eigenvalue weighted by Gasteiger charge is 2.31. The number of anilines is 2. The highest BCUT2D eigenvalue weighted by atomic mass is 19.4. The Balaban J connectivity index is 1.83. The number of aliphatic hydroxyl groups is 1. The molecule has 2 aromatic heterocycles. The zero-order valence-corrected chi connectivity index (χ0v) is 17.0. The highest BCUT2D eigenvalue weighted by molar-refractivity contribution is 6.05.